The maximum absolute atomic E-state index is 6.01. The number of amidine groups is 1. The van der Waals surface area contributed by atoms with E-state index in [0.29, 0.717) is 29.7 Å². The molecule has 8 heteroatoms. The molecule has 4 rings (SSSR count). The van der Waals surface area contributed by atoms with Gasteiger partial charge in [-0.3, -0.25) is 0 Å². The number of hydrazone groups is 1. The van der Waals surface area contributed by atoms with Gasteiger partial charge in [0.2, 0.25) is 5.95 Å². The normalized spacial score (nSPS) is 27.3. The Hall–Kier alpha value is -2.61. The van der Waals surface area contributed by atoms with Crippen molar-refractivity contribution in [2.45, 2.75) is 37.9 Å². The molecule has 0 bridgehead atoms. The topological polar surface area (TPSA) is 93.1 Å². The molecule has 2 N–H and O–H groups in total. The summed E-state index contributed by atoms with van der Waals surface area (Å²) in [6, 6.07) is 6.05. The van der Waals surface area contributed by atoms with Crippen molar-refractivity contribution in [2.24, 2.45) is 16.0 Å². The molecule has 0 amide bonds. The maximum atomic E-state index is 6.01. The minimum absolute atomic E-state index is 0.0771. The number of hydrogen-bond acceptors (Lipinski definition) is 6. The second-order valence-corrected chi connectivity index (χ2v) is 6.58. The molecule has 1 atom stereocenters. The standard InChI is InChI=1S/C18H23N5O3/c1-24-12-8-6-11(7-9-12)15-10-19-23-18(26-15)22-17-20-13-4-3-5-14(25-2)16(13)21-17/h3-5,10-12,15H,6-9H2,1-2H3,(H2,20,21,22,23). The number of nitrogens with one attached hydrogen (secondary N) is 2. The van der Waals surface area contributed by atoms with Gasteiger partial charge in [-0.15, -0.1) is 0 Å². The summed E-state index contributed by atoms with van der Waals surface area (Å²) in [5.41, 5.74) is 4.41. The van der Waals surface area contributed by atoms with Crippen LogP contribution in [0.3, 0.4) is 0 Å². The molecule has 2 aliphatic rings. The van der Waals surface area contributed by atoms with Crippen molar-refractivity contribution in [1.29, 1.82) is 0 Å². The molecule has 138 valence electrons. The first-order chi connectivity index (χ1) is 12.8. The number of ether oxygens (including phenoxy) is 3. The Balaban J connectivity index is 1.49. The van der Waals surface area contributed by atoms with Crippen molar-refractivity contribution in [3.63, 3.8) is 0 Å². The quantitative estimate of drug-likeness (QED) is 0.878. The lowest BCUT2D eigenvalue weighted by atomic mass is 9.84. The molecule has 0 radical (unpaired) electrons. The molecule has 0 saturated heterocycles. The van der Waals surface area contributed by atoms with E-state index in [0.717, 1.165) is 36.7 Å². The number of aliphatic imine (C=N–C) groups is 1. The predicted molar refractivity (Wildman–Crippen MR) is 99.0 cm³/mol. The highest BCUT2D eigenvalue weighted by Gasteiger charge is 2.30. The van der Waals surface area contributed by atoms with Crippen molar-refractivity contribution >= 4 is 29.2 Å². The zero-order valence-electron chi connectivity index (χ0n) is 14.9. The van der Waals surface area contributed by atoms with Crippen LogP contribution in [0.2, 0.25) is 0 Å². The first kappa shape index (κ1) is 16.8. The van der Waals surface area contributed by atoms with E-state index in [2.05, 4.69) is 25.5 Å². The number of hydrogen-bond donors (Lipinski definition) is 2. The molecule has 1 aromatic carbocycles. The fraction of sp³-hybridized carbons (Fsp3) is 0.500. The van der Waals surface area contributed by atoms with Gasteiger partial charge < -0.3 is 19.2 Å². The zero-order chi connectivity index (χ0) is 17.9. The molecular formula is C18H23N5O3. The third-order valence-corrected chi connectivity index (χ3v) is 5.04. The fourth-order valence-electron chi connectivity index (χ4n) is 3.58. The largest absolute Gasteiger partial charge is 0.494 e. The Morgan fingerprint density at radius 1 is 1.19 bits per heavy atom. The molecule has 1 aromatic heterocycles. The summed E-state index contributed by atoms with van der Waals surface area (Å²) in [7, 11) is 3.40. The first-order valence-electron chi connectivity index (χ1n) is 8.87. The number of aromatic amines is 1. The monoisotopic (exact) mass is 357 g/mol. The molecule has 2 aromatic rings. The van der Waals surface area contributed by atoms with E-state index in [1.807, 2.05) is 24.4 Å². The number of nitrogens with zero attached hydrogens (tertiary/aromatic N) is 3. The average molecular weight is 357 g/mol. The Bertz CT molecular complexity index is 823. The van der Waals surface area contributed by atoms with Crippen LogP contribution in [-0.4, -0.2) is 48.6 Å². The number of H-pyrrole nitrogens is 1. The van der Waals surface area contributed by atoms with Gasteiger partial charge in [0.15, 0.2) is 0 Å². The van der Waals surface area contributed by atoms with Crippen LogP contribution >= 0.6 is 0 Å². The fourth-order valence-corrected chi connectivity index (χ4v) is 3.58. The van der Waals surface area contributed by atoms with Crippen LogP contribution in [0.5, 0.6) is 5.75 Å². The number of benzene rings is 1. The van der Waals surface area contributed by atoms with Crippen LogP contribution in [0.15, 0.2) is 28.3 Å². The highest BCUT2D eigenvalue weighted by Crippen LogP contribution is 2.30. The van der Waals surface area contributed by atoms with E-state index in [1.165, 1.54) is 0 Å². The van der Waals surface area contributed by atoms with E-state index in [1.54, 1.807) is 14.2 Å². The van der Waals surface area contributed by atoms with Gasteiger partial charge in [-0.25, -0.2) is 10.4 Å². The summed E-state index contributed by atoms with van der Waals surface area (Å²) in [4.78, 5) is 12.1. The van der Waals surface area contributed by atoms with Crippen LogP contribution in [-0.2, 0) is 9.47 Å². The van der Waals surface area contributed by atoms with Crippen molar-refractivity contribution in [3.8, 4) is 5.75 Å². The Kier molecular flexibility index (Phi) is 4.75. The van der Waals surface area contributed by atoms with Crippen molar-refractivity contribution in [1.82, 2.24) is 15.4 Å². The molecule has 26 heavy (non-hydrogen) atoms. The molecule has 1 aliphatic carbocycles. The van der Waals surface area contributed by atoms with Gasteiger partial charge >= 0.3 is 6.02 Å². The van der Waals surface area contributed by atoms with Crippen LogP contribution in [0.4, 0.5) is 5.95 Å². The third-order valence-electron chi connectivity index (χ3n) is 5.04. The number of imidazole rings is 1. The minimum atomic E-state index is -0.0771. The predicted octanol–water partition coefficient (Wildman–Crippen LogP) is 2.74. The van der Waals surface area contributed by atoms with Crippen molar-refractivity contribution in [3.05, 3.63) is 18.2 Å². The van der Waals surface area contributed by atoms with Gasteiger partial charge in [-0.05, 0) is 37.8 Å². The lowest BCUT2D eigenvalue weighted by molar-refractivity contribution is 0.0375. The van der Waals surface area contributed by atoms with Gasteiger partial charge in [0.25, 0.3) is 0 Å². The lowest BCUT2D eigenvalue weighted by Gasteiger charge is -2.32. The van der Waals surface area contributed by atoms with Crippen molar-refractivity contribution < 1.29 is 14.2 Å². The molecule has 8 nitrogen and oxygen atoms in total. The van der Waals surface area contributed by atoms with E-state index in [9.17, 15) is 0 Å². The minimum Gasteiger partial charge on any atom is -0.494 e. The first-order valence-corrected chi connectivity index (χ1v) is 8.87. The molecule has 1 fully saturated rings. The van der Waals surface area contributed by atoms with Crippen LogP contribution in [0.25, 0.3) is 11.0 Å². The molecule has 1 aliphatic heterocycles. The Morgan fingerprint density at radius 3 is 2.81 bits per heavy atom. The van der Waals surface area contributed by atoms with E-state index in [4.69, 9.17) is 14.2 Å². The molecular weight excluding hydrogens is 334 g/mol. The van der Waals surface area contributed by atoms with Crippen molar-refractivity contribution in [2.75, 3.05) is 14.2 Å². The third kappa shape index (κ3) is 3.37. The van der Waals surface area contributed by atoms with Gasteiger partial charge in [-0.1, -0.05) is 6.07 Å². The summed E-state index contributed by atoms with van der Waals surface area (Å²) in [5, 5.41) is 4.21. The van der Waals surface area contributed by atoms with Crippen LogP contribution in [0, 0.1) is 5.92 Å². The van der Waals surface area contributed by atoms with Gasteiger partial charge in [0.05, 0.1) is 24.9 Å². The SMILES string of the molecule is COc1cccc2[nH]c(/N=C3\NN=CC(C4CCC(OC)CC4)O3)nc12. The second kappa shape index (κ2) is 7.33. The lowest BCUT2D eigenvalue weighted by Crippen LogP contribution is -2.40. The van der Waals surface area contributed by atoms with Gasteiger partial charge in [0.1, 0.15) is 17.4 Å². The Labute approximate surface area is 151 Å². The smallest absolute Gasteiger partial charge is 0.314 e. The van der Waals surface area contributed by atoms with E-state index in [-0.39, 0.29) is 6.10 Å². The average Bonchev–Trinajstić information content (AvgIpc) is 3.10. The Morgan fingerprint density at radius 2 is 2.04 bits per heavy atom. The summed E-state index contributed by atoms with van der Waals surface area (Å²) in [6.07, 6.45) is 6.33. The summed E-state index contributed by atoms with van der Waals surface area (Å²) >= 11 is 0. The highest BCUT2D eigenvalue weighted by atomic mass is 16.5. The molecule has 1 saturated carbocycles. The molecule has 1 unspecified atom stereocenters. The number of para-hydroxylation sites is 1. The second-order valence-electron chi connectivity index (χ2n) is 6.58. The van der Waals surface area contributed by atoms with Crippen LogP contribution in [0.1, 0.15) is 25.7 Å². The molecule has 2 heterocycles. The maximum Gasteiger partial charge on any atom is 0.314 e. The highest BCUT2D eigenvalue weighted by molar-refractivity contribution is 5.86. The number of methoxy groups -OCH3 is 2. The van der Waals surface area contributed by atoms with Gasteiger partial charge in [0, 0.05) is 13.0 Å². The summed E-state index contributed by atoms with van der Waals surface area (Å²) in [5.74, 6) is 1.58. The van der Waals surface area contributed by atoms with E-state index >= 15 is 0 Å². The number of aromatic nitrogens is 2. The summed E-state index contributed by atoms with van der Waals surface area (Å²) < 4.78 is 16.8. The van der Waals surface area contributed by atoms with Gasteiger partial charge in [-0.2, -0.15) is 10.1 Å². The van der Waals surface area contributed by atoms with Crippen LogP contribution < -0.4 is 10.2 Å². The van der Waals surface area contributed by atoms with E-state index < -0.39 is 0 Å². The number of fused-ring (bicyclic) bond motifs is 1. The number of rotatable bonds is 4. The zero-order valence-corrected chi connectivity index (χ0v) is 14.9. The molecule has 0 spiro atoms. The summed E-state index contributed by atoms with van der Waals surface area (Å²) in [6.45, 7) is 0.